The van der Waals surface area contributed by atoms with Gasteiger partial charge < -0.3 is 9.84 Å². The standard InChI is InChI=1S/C12H26O2/c1-9(2)8-11(4)14-7-6-10(3)12(5)13/h9-13H,6-8H2,1-5H3. The minimum atomic E-state index is -0.223. The average Bonchev–Trinajstić information content (AvgIpc) is 2.02. The molecular weight excluding hydrogens is 176 g/mol. The van der Waals surface area contributed by atoms with Crippen LogP contribution in [0, 0.1) is 11.8 Å². The van der Waals surface area contributed by atoms with Crippen molar-refractivity contribution < 1.29 is 9.84 Å². The van der Waals surface area contributed by atoms with Crippen LogP contribution in [0.3, 0.4) is 0 Å². The van der Waals surface area contributed by atoms with Crippen LogP contribution >= 0.6 is 0 Å². The van der Waals surface area contributed by atoms with Gasteiger partial charge in [-0.2, -0.15) is 0 Å². The lowest BCUT2D eigenvalue weighted by atomic mass is 10.0. The van der Waals surface area contributed by atoms with Crippen LogP contribution in [0.2, 0.25) is 0 Å². The van der Waals surface area contributed by atoms with Gasteiger partial charge in [-0.15, -0.1) is 0 Å². The van der Waals surface area contributed by atoms with Crippen molar-refractivity contribution in [1.82, 2.24) is 0 Å². The Kier molecular flexibility index (Phi) is 7.20. The van der Waals surface area contributed by atoms with Gasteiger partial charge >= 0.3 is 0 Å². The van der Waals surface area contributed by atoms with Crippen LogP contribution in [0.5, 0.6) is 0 Å². The Balaban J connectivity index is 3.44. The first-order valence-electron chi connectivity index (χ1n) is 5.73. The van der Waals surface area contributed by atoms with Crippen LogP contribution in [0.4, 0.5) is 0 Å². The molecule has 0 saturated heterocycles. The maximum atomic E-state index is 9.28. The fourth-order valence-corrected chi connectivity index (χ4v) is 1.43. The maximum absolute atomic E-state index is 9.28. The second-order valence-electron chi connectivity index (χ2n) is 4.82. The molecule has 0 saturated carbocycles. The van der Waals surface area contributed by atoms with E-state index in [0.717, 1.165) is 19.4 Å². The van der Waals surface area contributed by atoms with Gasteiger partial charge in [0, 0.05) is 6.61 Å². The molecule has 3 unspecified atom stereocenters. The summed E-state index contributed by atoms with van der Waals surface area (Å²) in [7, 11) is 0. The Labute approximate surface area is 88.7 Å². The van der Waals surface area contributed by atoms with E-state index in [9.17, 15) is 5.11 Å². The molecule has 0 spiro atoms. The summed E-state index contributed by atoms with van der Waals surface area (Å²) in [6.07, 6.45) is 2.18. The number of aliphatic hydroxyl groups excluding tert-OH is 1. The molecule has 0 bridgehead atoms. The lowest BCUT2D eigenvalue weighted by Gasteiger charge is -2.18. The van der Waals surface area contributed by atoms with Gasteiger partial charge in [-0.1, -0.05) is 20.8 Å². The highest BCUT2D eigenvalue weighted by atomic mass is 16.5. The number of hydrogen-bond donors (Lipinski definition) is 1. The van der Waals surface area contributed by atoms with E-state index in [1.165, 1.54) is 0 Å². The summed E-state index contributed by atoms with van der Waals surface area (Å²) in [5, 5.41) is 9.28. The van der Waals surface area contributed by atoms with Gasteiger partial charge in [0.25, 0.3) is 0 Å². The van der Waals surface area contributed by atoms with Gasteiger partial charge in [-0.25, -0.2) is 0 Å². The maximum Gasteiger partial charge on any atom is 0.0549 e. The molecule has 2 nitrogen and oxygen atoms in total. The molecule has 0 aromatic heterocycles. The van der Waals surface area contributed by atoms with Gasteiger partial charge in [0.05, 0.1) is 12.2 Å². The number of rotatable bonds is 7. The van der Waals surface area contributed by atoms with Crippen molar-refractivity contribution in [2.75, 3.05) is 6.61 Å². The van der Waals surface area contributed by atoms with E-state index in [1.54, 1.807) is 0 Å². The minimum absolute atomic E-state index is 0.223. The number of aliphatic hydroxyl groups is 1. The molecule has 1 N–H and O–H groups in total. The summed E-state index contributed by atoms with van der Waals surface area (Å²) >= 11 is 0. The molecule has 0 amide bonds. The highest BCUT2D eigenvalue weighted by molar-refractivity contribution is 4.60. The fourth-order valence-electron chi connectivity index (χ4n) is 1.43. The topological polar surface area (TPSA) is 29.5 Å². The van der Waals surface area contributed by atoms with E-state index in [1.807, 2.05) is 6.92 Å². The summed E-state index contributed by atoms with van der Waals surface area (Å²) in [5.41, 5.74) is 0. The zero-order chi connectivity index (χ0) is 11.1. The molecule has 86 valence electrons. The highest BCUT2D eigenvalue weighted by Gasteiger charge is 2.10. The molecule has 14 heavy (non-hydrogen) atoms. The zero-order valence-electron chi connectivity index (χ0n) is 10.3. The van der Waals surface area contributed by atoms with Crippen LogP contribution in [0.15, 0.2) is 0 Å². The third-order valence-corrected chi connectivity index (χ3v) is 2.60. The molecule has 0 aromatic carbocycles. The van der Waals surface area contributed by atoms with E-state index >= 15 is 0 Å². The Morgan fingerprint density at radius 2 is 1.64 bits per heavy atom. The summed E-state index contributed by atoms with van der Waals surface area (Å²) in [6, 6.07) is 0. The van der Waals surface area contributed by atoms with E-state index < -0.39 is 0 Å². The van der Waals surface area contributed by atoms with Gasteiger partial charge in [0.1, 0.15) is 0 Å². The van der Waals surface area contributed by atoms with Crippen LogP contribution in [0.1, 0.15) is 47.5 Å². The molecule has 0 aliphatic carbocycles. The smallest absolute Gasteiger partial charge is 0.0549 e. The van der Waals surface area contributed by atoms with Crippen LogP contribution in [-0.4, -0.2) is 23.9 Å². The van der Waals surface area contributed by atoms with Crippen LogP contribution < -0.4 is 0 Å². The molecule has 0 aliphatic rings. The quantitative estimate of drug-likeness (QED) is 0.688. The van der Waals surface area contributed by atoms with Gasteiger partial charge in [0.2, 0.25) is 0 Å². The second-order valence-corrected chi connectivity index (χ2v) is 4.82. The molecule has 0 heterocycles. The monoisotopic (exact) mass is 202 g/mol. The molecule has 0 rings (SSSR count). The first-order chi connectivity index (χ1) is 6.43. The van der Waals surface area contributed by atoms with Crippen molar-refractivity contribution in [3.8, 4) is 0 Å². The first kappa shape index (κ1) is 13.9. The third-order valence-electron chi connectivity index (χ3n) is 2.60. The summed E-state index contributed by atoms with van der Waals surface area (Å²) in [6.45, 7) is 11.2. The Hall–Kier alpha value is -0.0800. The largest absolute Gasteiger partial charge is 0.393 e. The van der Waals surface area contributed by atoms with Gasteiger partial charge in [0.15, 0.2) is 0 Å². The number of hydrogen-bond acceptors (Lipinski definition) is 2. The molecular formula is C12H26O2. The highest BCUT2D eigenvalue weighted by Crippen LogP contribution is 2.11. The third kappa shape index (κ3) is 7.34. The fraction of sp³-hybridized carbons (Fsp3) is 1.00. The van der Waals surface area contributed by atoms with Crippen molar-refractivity contribution in [2.24, 2.45) is 11.8 Å². The molecule has 0 aliphatic heterocycles. The van der Waals surface area contributed by atoms with Crippen molar-refractivity contribution in [3.05, 3.63) is 0 Å². The lowest BCUT2D eigenvalue weighted by molar-refractivity contribution is 0.0306. The summed E-state index contributed by atoms with van der Waals surface area (Å²) in [5.74, 6) is 1.03. The predicted molar refractivity (Wildman–Crippen MR) is 60.3 cm³/mol. The van der Waals surface area contributed by atoms with E-state index in [4.69, 9.17) is 4.74 Å². The lowest BCUT2D eigenvalue weighted by Crippen LogP contribution is -2.18. The zero-order valence-corrected chi connectivity index (χ0v) is 10.3. The second kappa shape index (κ2) is 7.24. The Morgan fingerprint density at radius 1 is 1.07 bits per heavy atom. The van der Waals surface area contributed by atoms with Crippen molar-refractivity contribution in [3.63, 3.8) is 0 Å². The Bertz CT molecular complexity index is 132. The molecule has 0 fully saturated rings. The van der Waals surface area contributed by atoms with Gasteiger partial charge in [-0.05, 0) is 38.5 Å². The van der Waals surface area contributed by atoms with Crippen molar-refractivity contribution >= 4 is 0 Å². The van der Waals surface area contributed by atoms with Gasteiger partial charge in [-0.3, -0.25) is 0 Å². The minimum Gasteiger partial charge on any atom is -0.393 e. The molecule has 0 radical (unpaired) electrons. The molecule has 3 atom stereocenters. The first-order valence-corrected chi connectivity index (χ1v) is 5.73. The van der Waals surface area contributed by atoms with E-state index in [0.29, 0.717) is 17.9 Å². The van der Waals surface area contributed by atoms with Crippen LogP contribution in [0.25, 0.3) is 0 Å². The van der Waals surface area contributed by atoms with E-state index in [-0.39, 0.29) is 6.10 Å². The Morgan fingerprint density at radius 3 is 2.07 bits per heavy atom. The van der Waals surface area contributed by atoms with Crippen molar-refractivity contribution in [1.29, 1.82) is 0 Å². The van der Waals surface area contributed by atoms with Crippen molar-refractivity contribution in [2.45, 2.75) is 59.7 Å². The SMILES string of the molecule is CC(C)CC(C)OCCC(C)C(C)O. The predicted octanol–water partition coefficient (Wildman–Crippen LogP) is 2.84. The van der Waals surface area contributed by atoms with Crippen LogP contribution in [-0.2, 0) is 4.74 Å². The number of ether oxygens (including phenoxy) is 1. The summed E-state index contributed by atoms with van der Waals surface area (Å²) in [4.78, 5) is 0. The average molecular weight is 202 g/mol. The normalized spacial score (nSPS) is 18.2. The summed E-state index contributed by atoms with van der Waals surface area (Å²) < 4.78 is 5.66. The van der Waals surface area contributed by atoms with E-state index in [2.05, 4.69) is 27.7 Å². The molecule has 0 aromatic rings. The molecule has 2 heteroatoms.